The Bertz CT molecular complexity index is 336. The first-order valence-corrected chi connectivity index (χ1v) is 3.97. The van der Waals surface area contributed by atoms with Crippen LogP contribution >= 0.6 is 0 Å². The lowest BCUT2D eigenvalue weighted by atomic mass is 10.2. The molecule has 1 heterocycles. The molecule has 4 heteroatoms. The molecule has 0 aliphatic carbocycles. The van der Waals surface area contributed by atoms with E-state index in [1.54, 1.807) is 7.11 Å². The Balaban J connectivity index is 2.29. The van der Waals surface area contributed by atoms with E-state index in [4.69, 9.17) is 9.57 Å². The van der Waals surface area contributed by atoms with Crippen LogP contribution in [0.1, 0.15) is 5.56 Å². The second-order valence-corrected chi connectivity index (χ2v) is 2.61. The smallest absolute Gasteiger partial charge is 0.167 e. The summed E-state index contributed by atoms with van der Waals surface area (Å²) in [6.07, 6.45) is 0. The van der Waals surface area contributed by atoms with E-state index in [1.807, 2.05) is 24.3 Å². The lowest BCUT2D eigenvalue weighted by Crippen LogP contribution is -2.17. The molecule has 1 aromatic rings. The fourth-order valence-corrected chi connectivity index (χ4v) is 1.15. The van der Waals surface area contributed by atoms with Gasteiger partial charge in [-0.3, -0.25) is 4.84 Å². The van der Waals surface area contributed by atoms with Gasteiger partial charge in [0.15, 0.2) is 12.6 Å². The van der Waals surface area contributed by atoms with Crippen molar-refractivity contribution in [2.45, 2.75) is 0 Å². The third-order valence-electron chi connectivity index (χ3n) is 1.80. The molecule has 0 amide bonds. The van der Waals surface area contributed by atoms with Gasteiger partial charge < -0.3 is 4.74 Å². The molecule has 68 valence electrons. The number of benzene rings is 1. The normalized spacial score (nSPS) is 15.0. The van der Waals surface area contributed by atoms with Gasteiger partial charge in [0, 0.05) is 5.56 Å². The predicted octanol–water partition coefficient (Wildman–Crippen LogP) is 0.934. The van der Waals surface area contributed by atoms with Crippen molar-refractivity contribution < 1.29 is 9.57 Å². The van der Waals surface area contributed by atoms with Gasteiger partial charge in [0.1, 0.15) is 5.75 Å². The minimum absolute atomic E-state index is 0.368. The van der Waals surface area contributed by atoms with Crippen molar-refractivity contribution in [1.82, 2.24) is 5.48 Å². The van der Waals surface area contributed by atoms with E-state index >= 15 is 0 Å². The average molecular weight is 178 g/mol. The van der Waals surface area contributed by atoms with Gasteiger partial charge in [-0.05, 0) is 12.1 Å². The van der Waals surface area contributed by atoms with Crippen molar-refractivity contribution in [2.24, 2.45) is 4.99 Å². The summed E-state index contributed by atoms with van der Waals surface area (Å²) in [5.74, 6) is 1.56. The lowest BCUT2D eigenvalue weighted by Gasteiger charge is -2.03. The molecule has 0 radical (unpaired) electrons. The average Bonchev–Trinajstić information content (AvgIpc) is 2.71. The Hall–Kier alpha value is -1.55. The molecule has 0 aromatic heterocycles. The monoisotopic (exact) mass is 178 g/mol. The second kappa shape index (κ2) is 3.45. The number of nitrogens with one attached hydrogen (secondary N) is 1. The number of rotatable bonds is 2. The Kier molecular flexibility index (Phi) is 2.14. The molecule has 0 atom stereocenters. The highest BCUT2D eigenvalue weighted by Gasteiger charge is 2.08. The van der Waals surface area contributed by atoms with Crippen molar-refractivity contribution in [2.75, 3.05) is 13.8 Å². The zero-order valence-corrected chi connectivity index (χ0v) is 7.28. The molecule has 0 fully saturated rings. The molecule has 1 aliphatic heterocycles. The van der Waals surface area contributed by atoms with Crippen LogP contribution in [0.4, 0.5) is 0 Å². The Morgan fingerprint density at radius 1 is 1.54 bits per heavy atom. The molecule has 1 N–H and O–H groups in total. The van der Waals surface area contributed by atoms with Gasteiger partial charge in [0.05, 0.1) is 7.11 Å². The van der Waals surface area contributed by atoms with Crippen LogP contribution in [-0.2, 0) is 4.84 Å². The van der Waals surface area contributed by atoms with E-state index in [1.165, 1.54) is 0 Å². The fourth-order valence-electron chi connectivity index (χ4n) is 1.15. The second-order valence-electron chi connectivity index (χ2n) is 2.61. The molecule has 0 spiro atoms. The summed E-state index contributed by atoms with van der Waals surface area (Å²) < 4.78 is 5.09. The van der Waals surface area contributed by atoms with Crippen molar-refractivity contribution >= 4 is 5.84 Å². The largest absolute Gasteiger partial charge is 0.497 e. The van der Waals surface area contributed by atoms with E-state index in [2.05, 4.69) is 10.5 Å². The molecule has 13 heavy (non-hydrogen) atoms. The summed E-state index contributed by atoms with van der Waals surface area (Å²) in [4.78, 5) is 9.00. The molecule has 0 saturated heterocycles. The third-order valence-corrected chi connectivity index (χ3v) is 1.80. The maximum atomic E-state index is 5.09. The van der Waals surface area contributed by atoms with E-state index in [0.29, 0.717) is 6.73 Å². The summed E-state index contributed by atoms with van der Waals surface area (Å²) in [5.41, 5.74) is 3.69. The Labute approximate surface area is 76.1 Å². The molecule has 2 rings (SSSR count). The first-order chi connectivity index (χ1) is 6.40. The number of hydrogen-bond donors (Lipinski definition) is 1. The van der Waals surface area contributed by atoms with Gasteiger partial charge in [0.2, 0.25) is 0 Å². The molecule has 0 saturated carbocycles. The summed E-state index contributed by atoms with van der Waals surface area (Å²) in [7, 11) is 1.64. The highest BCUT2D eigenvalue weighted by atomic mass is 16.7. The SMILES string of the molecule is COc1cccc(C2=NCON2)c1. The van der Waals surface area contributed by atoms with Gasteiger partial charge in [-0.2, -0.15) is 0 Å². The van der Waals surface area contributed by atoms with E-state index in [9.17, 15) is 0 Å². The first-order valence-electron chi connectivity index (χ1n) is 3.97. The van der Waals surface area contributed by atoms with Gasteiger partial charge in [0.25, 0.3) is 0 Å². The number of hydroxylamine groups is 1. The summed E-state index contributed by atoms with van der Waals surface area (Å²) >= 11 is 0. The van der Waals surface area contributed by atoms with Gasteiger partial charge >= 0.3 is 0 Å². The number of aliphatic imine (C=N–C) groups is 1. The molecule has 1 aliphatic rings. The summed E-state index contributed by atoms with van der Waals surface area (Å²) in [6.45, 7) is 0.368. The van der Waals surface area contributed by atoms with Gasteiger partial charge in [-0.15, -0.1) is 0 Å². The zero-order valence-electron chi connectivity index (χ0n) is 7.28. The Morgan fingerprint density at radius 2 is 2.46 bits per heavy atom. The molecule has 0 unspecified atom stereocenters. The number of methoxy groups -OCH3 is 1. The minimum atomic E-state index is 0.368. The van der Waals surface area contributed by atoms with Crippen LogP contribution in [0, 0.1) is 0 Å². The minimum Gasteiger partial charge on any atom is -0.497 e. The summed E-state index contributed by atoms with van der Waals surface area (Å²) in [5, 5.41) is 0. The summed E-state index contributed by atoms with van der Waals surface area (Å²) in [6, 6.07) is 7.65. The van der Waals surface area contributed by atoms with E-state index in [0.717, 1.165) is 17.1 Å². The highest BCUT2D eigenvalue weighted by molar-refractivity contribution is 5.98. The number of nitrogens with zero attached hydrogens (tertiary/aromatic N) is 1. The number of ether oxygens (including phenoxy) is 1. The third kappa shape index (κ3) is 1.62. The van der Waals surface area contributed by atoms with Crippen molar-refractivity contribution in [3.05, 3.63) is 29.8 Å². The lowest BCUT2D eigenvalue weighted by molar-refractivity contribution is 0.115. The zero-order chi connectivity index (χ0) is 9.10. The Morgan fingerprint density at radius 3 is 3.15 bits per heavy atom. The maximum Gasteiger partial charge on any atom is 0.167 e. The van der Waals surface area contributed by atoms with Crippen LogP contribution in [-0.4, -0.2) is 19.7 Å². The molecule has 4 nitrogen and oxygen atoms in total. The molecular weight excluding hydrogens is 168 g/mol. The molecule has 0 bridgehead atoms. The van der Waals surface area contributed by atoms with Crippen molar-refractivity contribution in [3.63, 3.8) is 0 Å². The number of amidine groups is 1. The van der Waals surface area contributed by atoms with E-state index in [-0.39, 0.29) is 0 Å². The molecular formula is C9H10N2O2. The van der Waals surface area contributed by atoms with E-state index < -0.39 is 0 Å². The standard InChI is InChI=1S/C9H10N2O2/c1-12-8-4-2-3-7(5-8)9-10-6-13-11-9/h2-5H,6H2,1H3,(H,10,11). The van der Waals surface area contributed by atoms with Crippen LogP contribution in [0.2, 0.25) is 0 Å². The maximum absolute atomic E-state index is 5.09. The molecule has 1 aromatic carbocycles. The quantitative estimate of drug-likeness (QED) is 0.732. The van der Waals surface area contributed by atoms with Gasteiger partial charge in [-0.1, -0.05) is 12.1 Å². The van der Waals surface area contributed by atoms with Crippen LogP contribution in [0.15, 0.2) is 29.3 Å². The van der Waals surface area contributed by atoms with Gasteiger partial charge in [-0.25, -0.2) is 10.5 Å². The first kappa shape index (κ1) is 8.07. The van der Waals surface area contributed by atoms with Crippen molar-refractivity contribution in [3.8, 4) is 5.75 Å². The van der Waals surface area contributed by atoms with Crippen molar-refractivity contribution in [1.29, 1.82) is 0 Å². The van der Waals surface area contributed by atoms with Crippen LogP contribution < -0.4 is 10.2 Å². The fraction of sp³-hybridized carbons (Fsp3) is 0.222. The van der Waals surface area contributed by atoms with Crippen LogP contribution in [0.5, 0.6) is 5.75 Å². The highest BCUT2D eigenvalue weighted by Crippen LogP contribution is 2.13. The predicted molar refractivity (Wildman–Crippen MR) is 48.6 cm³/mol. The van der Waals surface area contributed by atoms with Crippen LogP contribution in [0.25, 0.3) is 0 Å². The number of hydrogen-bond acceptors (Lipinski definition) is 4. The topological polar surface area (TPSA) is 42.9 Å². The van der Waals surface area contributed by atoms with Crippen LogP contribution in [0.3, 0.4) is 0 Å².